The van der Waals surface area contributed by atoms with Crippen LogP contribution in [0.25, 0.3) is 0 Å². The highest BCUT2D eigenvalue weighted by atomic mass is 31.1. The second kappa shape index (κ2) is 8.42. The number of nitrogens with one attached hydrogen (secondary N) is 1. The van der Waals surface area contributed by atoms with E-state index in [2.05, 4.69) is 11.2 Å². The van der Waals surface area contributed by atoms with Crippen LogP contribution in [0.5, 0.6) is 5.75 Å². The maximum Gasteiger partial charge on any atom is 0.146 e. The fourth-order valence-corrected chi connectivity index (χ4v) is 1.58. The summed E-state index contributed by atoms with van der Waals surface area (Å²) >= 11 is 0. The minimum atomic E-state index is 0.306. The molecule has 0 bridgehead atoms. The lowest BCUT2D eigenvalue weighted by Gasteiger charge is -2.05. The van der Waals surface area contributed by atoms with Crippen molar-refractivity contribution in [1.82, 2.24) is 5.09 Å². The van der Waals surface area contributed by atoms with Crippen LogP contribution in [0.4, 0.5) is 0 Å². The molecule has 1 aromatic rings. The Labute approximate surface area is 92.6 Å². The first-order valence-corrected chi connectivity index (χ1v) is 5.89. The molecule has 0 amide bonds. The van der Waals surface area contributed by atoms with Crippen LogP contribution in [-0.4, -0.2) is 13.1 Å². The largest absolute Gasteiger partial charge is 0.461 e. The summed E-state index contributed by atoms with van der Waals surface area (Å²) in [4.78, 5) is 0. The van der Waals surface area contributed by atoms with E-state index in [0.29, 0.717) is 15.5 Å². The molecule has 4 heteroatoms. The van der Waals surface area contributed by atoms with Gasteiger partial charge < -0.3 is 10.3 Å². The zero-order valence-electron chi connectivity index (χ0n) is 8.65. The fraction of sp³-hybridized carbons (Fsp3) is 0.273. The standard InChI is InChI=1S/C11H17N2OP/c12-9-5-2-6-10-13-15-14-11-7-3-1-4-8-11/h1-5,7-8,13,15H,6,9-10,12H2/b5-2-. The van der Waals surface area contributed by atoms with E-state index >= 15 is 0 Å². The first-order valence-electron chi connectivity index (χ1n) is 4.98. The van der Waals surface area contributed by atoms with Gasteiger partial charge in [-0.15, -0.1) is 0 Å². The summed E-state index contributed by atoms with van der Waals surface area (Å²) in [6.07, 6.45) is 5.02. The van der Waals surface area contributed by atoms with Crippen LogP contribution in [-0.2, 0) is 0 Å². The van der Waals surface area contributed by atoms with Gasteiger partial charge in [0.15, 0.2) is 0 Å². The van der Waals surface area contributed by atoms with Gasteiger partial charge in [-0.1, -0.05) is 30.4 Å². The van der Waals surface area contributed by atoms with Gasteiger partial charge >= 0.3 is 0 Å². The molecule has 1 atom stereocenters. The number of rotatable bonds is 7. The van der Waals surface area contributed by atoms with E-state index < -0.39 is 0 Å². The predicted octanol–water partition coefficient (Wildman–Crippen LogP) is 2.07. The summed E-state index contributed by atoms with van der Waals surface area (Å²) in [5.41, 5.74) is 5.32. The molecule has 1 aromatic carbocycles. The summed E-state index contributed by atoms with van der Waals surface area (Å²) in [7, 11) is 0.306. The molecule has 0 heterocycles. The summed E-state index contributed by atoms with van der Waals surface area (Å²) in [5.74, 6) is 0.904. The summed E-state index contributed by atoms with van der Waals surface area (Å²) in [6.45, 7) is 1.53. The average molecular weight is 224 g/mol. The highest BCUT2D eigenvalue weighted by molar-refractivity contribution is 7.30. The third-order valence-electron chi connectivity index (χ3n) is 1.72. The molecule has 15 heavy (non-hydrogen) atoms. The van der Waals surface area contributed by atoms with E-state index in [1.54, 1.807) is 0 Å². The molecule has 3 N–H and O–H groups in total. The van der Waals surface area contributed by atoms with E-state index in [1.165, 1.54) is 0 Å². The Morgan fingerprint density at radius 3 is 2.80 bits per heavy atom. The van der Waals surface area contributed by atoms with Gasteiger partial charge in [-0.3, -0.25) is 5.09 Å². The Kier molecular flexibility index (Phi) is 6.84. The van der Waals surface area contributed by atoms with Crippen molar-refractivity contribution >= 4 is 8.96 Å². The second-order valence-corrected chi connectivity index (χ2v) is 3.70. The van der Waals surface area contributed by atoms with Crippen LogP contribution in [0.1, 0.15) is 6.42 Å². The van der Waals surface area contributed by atoms with Crippen molar-refractivity contribution in [1.29, 1.82) is 0 Å². The van der Waals surface area contributed by atoms with Crippen molar-refractivity contribution in [3.63, 3.8) is 0 Å². The van der Waals surface area contributed by atoms with Crippen LogP contribution in [0.15, 0.2) is 42.5 Å². The topological polar surface area (TPSA) is 47.3 Å². The van der Waals surface area contributed by atoms with Crippen LogP contribution < -0.4 is 15.3 Å². The molecule has 1 rings (SSSR count). The van der Waals surface area contributed by atoms with E-state index in [1.807, 2.05) is 36.4 Å². The van der Waals surface area contributed by atoms with E-state index in [0.717, 1.165) is 18.7 Å². The van der Waals surface area contributed by atoms with Gasteiger partial charge in [0, 0.05) is 13.1 Å². The number of hydrogen-bond acceptors (Lipinski definition) is 3. The molecule has 0 saturated carbocycles. The predicted molar refractivity (Wildman–Crippen MR) is 66.2 cm³/mol. The number of nitrogens with two attached hydrogens (primary N) is 1. The van der Waals surface area contributed by atoms with Crippen LogP contribution in [0, 0.1) is 0 Å². The Morgan fingerprint density at radius 1 is 1.27 bits per heavy atom. The number of benzene rings is 1. The first-order chi connectivity index (χ1) is 7.43. The normalized spacial score (nSPS) is 11.5. The molecule has 0 saturated heterocycles. The minimum Gasteiger partial charge on any atom is -0.461 e. The van der Waals surface area contributed by atoms with E-state index in [-0.39, 0.29) is 0 Å². The van der Waals surface area contributed by atoms with E-state index in [9.17, 15) is 0 Å². The molecule has 82 valence electrons. The van der Waals surface area contributed by atoms with Gasteiger partial charge in [0.05, 0.1) is 0 Å². The number of hydrogen-bond donors (Lipinski definition) is 2. The van der Waals surface area contributed by atoms with Gasteiger partial charge in [-0.05, 0) is 18.6 Å². The molecule has 3 nitrogen and oxygen atoms in total. The maximum absolute atomic E-state index is 5.48. The van der Waals surface area contributed by atoms with Crippen molar-refractivity contribution in [2.45, 2.75) is 6.42 Å². The molecule has 0 aliphatic heterocycles. The molecule has 0 radical (unpaired) electrons. The van der Waals surface area contributed by atoms with E-state index in [4.69, 9.17) is 10.3 Å². The summed E-state index contributed by atoms with van der Waals surface area (Å²) in [5, 5.41) is 3.21. The SMILES string of the molecule is NC/C=C\CCNPOc1ccccc1. The van der Waals surface area contributed by atoms with Crippen molar-refractivity contribution in [3.8, 4) is 5.75 Å². The van der Waals surface area contributed by atoms with Crippen molar-refractivity contribution in [2.24, 2.45) is 5.73 Å². The quantitative estimate of drug-likeness (QED) is 0.423. The third-order valence-corrected chi connectivity index (χ3v) is 2.46. The molecule has 0 spiro atoms. The second-order valence-electron chi connectivity index (χ2n) is 2.94. The lowest BCUT2D eigenvalue weighted by atomic mass is 10.3. The lowest BCUT2D eigenvalue weighted by molar-refractivity contribution is 0.617. The van der Waals surface area contributed by atoms with Crippen molar-refractivity contribution in [3.05, 3.63) is 42.5 Å². The van der Waals surface area contributed by atoms with Gasteiger partial charge in [0.1, 0.15) is 14.7 Å². The fourth-order valence-electron chi connectivity index (χ4n) is 1.00. The monoisotopic (exact) mass is 224 g/mol. The van der Waals surface area contributed by atoms with Gasteiger partial charge in [0.2, 0.25) is 0 Å². The molecule has 0 aliphatic carbocycles. The zero-order chi connectivity index (χ0) is 10.8. The molecule has 0 aromatic heterocycles. The van der Waals surface area contributed by atoms with Gasteiger partial charge in [-0.2, -0.15) is 0 Å². The molecular weight excluding hydrogens is 207 g/mol. The maximum atomic E-state index is 5.48. The van der Waals surface area contributed by atoms with Gasteiger partial charge in [0.25, 0.3) is 0 Å². The van der Waals surface area contributed by atoms with Crippen molar-refractivity contribution in [2.75, 3.05) is 13.1 Å². The Balaban J connectivity index is 2.00. The smallest absolute Gasteiger partial charge is 0.146 e. The lowest BCUT2D eigenvalue weighted by Crippen LogP contribution is -2.04. The summed E-state index contributed by atoms with van der Waals surface area (Å²) < 4.78 is 5.48. The molecule has 0 aliphatic rings. The zero-order valence-corrected chi connectivity index (χ0v) is 9.65. The Morgan fingerprint density at radius 2 is 2.07 bits per heavy atom. The minimum absolute atomic E-state index is 0.306. The summed E-state index contributed by atoms with van der Waals surface area (Å²) in [6, 6.07) is 9.79. The molecule has 1 unspecified atom stereocenters. The third kappa shape index (κ3) is 6.24. The van der Waals surface area contributed by atoms with Crippen LogP contribution >= 0.6 is 8.96 Å². The van der Waals surface area contributed by atoms with Gasteiger partial charge in [-0.25, -0.2) is 0 Å². The van der Waals surface area contributed by atoms with Crippen LogP contribution in [0.3, 0.4) is 0 Å². The number of para-hydroxylation sites is 1. The highest BCUT2D eigenvalue weighted by Crippen LogP contribution is 2.16. The average Bonchev–Trinajstić information content (AvgIpc) is 2.29. The molecular formula is C11H17N2OP. The first kappa shape index (κ1) is 12.2. The highest BCUT2D eigenvalue weighted by Gasteiger charge is 1.89. The molecule has 0 fully saturated rings. The van der Waals surface area contributed by atoms with Crippen molar-refractivity contribution < 1.29 is 4.52 Å². The Bertz CT molecular complexity index is 277. The van der Waals surface area contributed by atoms with Crippen LogP contribution in [0.2, 0.25) is 0 Å². The Hall–Kier alpha value is -0.890.